The summed E-state index contributed by atoms with van der Waals surface area (Å²) in [7, 11) is 0. The van der Waals surface area contributed by atoms with Gasteiger partial charge in [0.1, 0.15) is 0 Å². The standard InChI is InChI=1S/C16H10F3N3OS/c17-16(18,19)15(10-6-2-1-3-7-10)21-13(23)22-12-9-5-4-8-11(12)20-14(22)24-15/h1-9H,(H,21,23). The summed E-state index contributed by atoms with van der Waals surface area (Å²) in [4.78, 5) is 14.1. The molecule has 0 radical (unpaired) electrons. The van der Waals surface area contributed by atoms with E-state index in [0.717, 1.165) is 0 Å². The molecule has 4 nitrogen and oxygen atoms in total. The first-order valence-electron chi connectivity index (χ1n) is 7.04. The molecule has 122 valence electrons. The SMILES string of the molecule is O=C1NC(c2ccccc2)(C(F)(F)F)Sc2nc3ccccc3n21. The number of fused-ring (bicyclic) bond motifs is 3. The van der Waals surface area contributed by atoms with Crippen LogP contribution in [0.25, 0.3) is 11.0 Å². The van der Waals surface area contributed by atoms with Crippen molar-refractivity contribution in [1.82, 2.24) is 14.9 Å². The Balaban J connectivity index is 1.95. The minimum atomic E-state index is -4.70. The van der Waals surface area contributed by atoms with Crippen molar-refractivity contribution in [3.05, 3.63) is 60.2 Å². The molecule has 8 heteroatoms. The fourth-order valence-corrected chi connectivity index (χ4v) is 3.93. The third-order valence-corrected chi connectivity index (χ3v) is 5.17. The molecule has 1 aliphatic rings. The number of nitrogens with one attached hydrogen (secondary N) is 1. The van der Waals surface area contributed by atoms with E-state index in [9.17, 15) is 18.0 Å². The zero-order chi connectivity index (χ0) is 16.9. The van der Waals surface area contributed by atoms with Crippen LogP contribution in [0, 0.1) is 0 Å². The number of para-hydroxylation sites is 2. The summed E-state index contributed by atoms with van der Waals surface area (Å²) in [6.45, 7) is 0. The summed E-state index contributed by atoms with van der Waals surface area (Å²) in [5.74, 6) is 0. The van der Waals surface area contributed by atoms with Gasteiger partial charge in [-0.25, -0.2) is 14.3 Å². The zero-order valence-electron chi connectivity index (χ0n) is 12.0. The van der Waals surface area contributed by atoms with Gasteiger partial charge in [-0.1, -0.05) is 42.5 Å². The van der Waals surface area contributed by atoms with Crippen LogP contribution in [0.1, 0.15) is 5.56 Å². The van der Waals surface area contributed by atoms with Gasteiger partial charge in [0.05, 0.1) is 11.0 Å². The molecular weight excluding hydrogens is 339 g/mol. The van der Waals surface area contributed by atoms with Crippen molar-refractivity contribution in [2.24, 2.45) is 0 Å². The van der Waals surface area contributed by atoms with Gasteiger partial charge in [0, 0.05) is 0 Å². The van der Waals surface area contributed by atoms with Crippen molar-refractivity contribution in [3.8, 4) is 0 Å². The van der Waals surface area contributed by atoms with Crippen molar-refractivity contribution >= 4 is 28.8 Å². The van der Waals surface area contributed by atoms with Gasteiger partial charge in [-0.15, -0.1) is 0 Å². The van der Waals surface area contributed by atoms with Gasteiger partial charge >= 0.3 is 12.2 Å². The number of imidazole rings is 1. The minimum absolute atomic E-state index is 0.0149. The summed E-state index contributed by atoms with van der Waals surface area (Å²) in [5.41, 5.74) is 0.900. The smallest absolute Gasteiger partial charge is 0.311 e. The van der Waals surface area contributed by atoms with Gasteiger partial charge in [-0.05, 0) is 29.5 Å². The Morgan fingerprint density at radius 1 is 1.04 bits per heavy atom. The lowest BCUT2D eigenvalue weighted by Crippen LogP contribution is -2.57. The Bertz CT molecular complexity index is 939. The summed E-state index contributed by atoms with van der Waals surface area (Å²) in [6, 6.07) is 13.2. The average Bonchev–Trinajstić information content (AvgIpc) is 2.93. The van der Waals surface area contributed by atoms with E-state index in [0.29, 0.717) is 22.8 Å². The van der Waals surface area contributed by atoms with Gasteiger partial charge in [-0.2, -0.15) is 13.2 Å². The number of carbonyl (C=O) groups excluding carboxylic acids is 1. The van der Waals surface area contributed by atoms with Crippen LogP contribution in [0.5, 0.6) is 0 Å². The summed E-state index contributed by atoms with van der Waals surface area (Å²) in [6.07, 6.45) is -4.70. The predicted molar refractivity (Wildman–Crippen MR) is 83.7 cm³/mol. The first kappa shape index (κ1) is 15.1. The van der Waals surface area contributed by atoms with Gasteiger partial charge in [0.25, 0.3) is 0 Å². The Morgan fingerprint density at radius 3 is 2.42 bits per heavy atom. The van der Waals surface area contributed by atoms with Crippen LogP contribution in [-0.4, -0.2) is 21.8 Å². The fraction of sp³-hybridized carbons (Fsp3) is 0.125. The molecule has 1 aliphatic heterocycles. The number of thioether (sulfide) groups is 1. The number of amides is 1. The van der Waals surface area contributed by atoms with E-state index in [-0.39, 0.29) is 10.7 Å². The maximum Gasteiger partial charge on any atom is 0.425 e. The highest BCUT2D eigenvalue weighted by Gasteiger charge is 2.61. The van der Waals surface area contributed by atoms with Crippen LogP contribution in [0.2, 0.25) is 0 Å². The quantitative estimate of drug-likeness (QED) is 0.719. The van der Waals surface area contributed by atoms with Crippen LogP contribution in [0.4, 0.5) is 18.0 Å². The molecule has 0 bridgehead atoms. The molecular formula is C16H10F3N3OS. The van der Waals surface area contributed by atoms with Crippen molar-refractivity contribution in [2.75, 3.05) is 0 Å². The van der Waals surface area contributed by atoms with E-state index >= 15 is 0 Å². The van der Waals surface area contributed by atoms with Crippen LogP contribution in [-0.2, 0) is 4.87 Å². The molecule has 1 unspecified atom stereocenters. The van der Waals surface area contributed by atoms with Gasteiger partial charge in [0.15, 0.2) is 5.16 Å². The molecule has 1 atom stereocenters. The number of halogens is 3. The van der Waals surface area contributed by atoms with E-state index in [1.165, 1.54) is 28.8 Å². The molecule has 1 aromatic heterocycles. The molecule has 0 saturated carbocycles. The molecule has 4 rings (SSSR count). The van der Waals surface area contributed by atoms with Crippen LogP contribution >= 0.6 is 11.8 Å². The number of rotatable bonds is 1. The first-order valence-corrected chi connectivity index (χ1v) is 7.85. The number of hydrogen-bond donors (Lipinski definition) is 1. The normalized spacial score (nSPS) is 20.7. The Kier molecular flexibility index (Phi) is 3.14. The van der Waals surface area contributed by atoms with E-state index in [1.54, 1.807) is 30.3 Å². The molecule has 1 N–H and O–H groups in total. The summed E-state index contributed by atoms with van der Waals surface area (Å²) < 4.78 is 43.0. The van der Waals surface area contributed by atoms with E-state index < -0.39 is 17.1 Å². The van der Waals surface area contributed by atoms with E-state index in [4.69, 9.17) is 0 Å². The van der Waals surface area contributed by atoms with E-state index in [2.05, 4.69) is 10.3 Å². The van der Waals surface area contributed by atoms with Gasteiger partial charge in [-0.3, -0.25) is 0 Å². The highest BCUT2D eigenvalue weighted by atomic mass is 32.2. The third kappa shape index (κ3) is 2.02. The fourth-order valence-electron chi connectivity index (χ4n) is 2.73. The number of hydrogen-bond acceptors (Lipinski definition) is 3. The molecule has 0 spiro atoms. The number of aromatic nitrogens is 2. The Labute approximate surface area is 138 Å². The molecule has 2 heterocycles. The highest BCUT2D eigenvalue weighted by Crippen LogP contribution is 2.52. The molecule has 24 heavy (non-hydrogen) atoms. The third-order valence-electron chi connectivity index (χ3n) is 3.84. The maximum atomic E-state index is 13.9. The highest BCUT2D eigenvalue weighted by molar-refractivity contribution is 8.00. The van der Waals surface area contributed by atoms with Crippen molar-refractivity contribution in [1.29, 1.82) is 0 Å². The zero-order valence-corrected chi connectivity index (χ0v) is 12.9. The van der Waals surface area contributed by atoms with Gasteiger partial charge < -0.3 is 5.32 Å². The lowest BCUT2D eigenvalue weighted by atomic mass is 10.1. The number of nitrogens with zero attached hydrogens (tertiary/aromatic N) is 2. The molecule has 1 amide bonds. The average molecular weight is 349 g/mol. The van der Waals surface area contributed by atoms with Crippen molar-refractivity contribution in [2.45, 2.75) is 16.2 Å². The first-order chi connectivity index (χ1) is 11.4. The van der Waals surface area contributed by atoms with Crippen LogP contribution in [0.15, 0.2) is 59.8 Å². The number of alkyl halides is 3. The largest absolute Gasteiger partial charge is 0.425 e. The topological polar surface area (TPSA) is 46.9 Å². The molecule has 0 fully saturated rings. The van der Waals surface area contributed by atoms with Gasteiger partial charge in [0.2, 0.25) is 4.87 Å². The minimum Gasteiger partial charge on any atom is -0.311 e. The number of benzene rings is 2. The second-order valence-corrected chi connectivity index (χ2v) is 6.48. The second kappa shape index (κ2) is 5.01. The molecule has 0 saturated heterocycles. The molecule has 3 aromatic rings. The Hall–Kier alpha value is -2.48. The molecule has 2 aromatic carbocycles. The number of carbonyl (C=O) groups is 1. The molecule has 0 aliphatic carbocycles. The van der Waals surface area contributed by atoms with Crippen molar-refractivity contribution < 1.29 is 18.0 Å². The summed E-state index contributed by atoms with van der Waals surface area (Å²) in [5, 5.41) is 2.16. The Morgan fingerprint density at radius 2 is 1.71 bits per heavy atom. The predicted octanol–water partition coefficient (Wildman–Crippen LogP) is 4.12. The monoisotopic (exact) mass is 349 g/mol. The van der Waals surface area contributed by atoms with Crippen molar-refractivity contribution in [3.63, 3.8) is 0 Å². The maximum absolute atomic E-state index is 13.9. The van der Waals surface area contributed by atoms with Crippen LogP contribution in [0.3, 0.4) is 0 Å². The van der Waals surface area contributed by atoms with E-state index in [1.807, 2.05) is 0 Å². The summed E-state index contributed by atoms with van der Waals surface area (Å²) >= 11 is 0.489. The lowest BCUT2D eigenvalue weighted by Gasteiger charge is -2.38. The second-order valence-electron chi connectivity index (χ2n) is 5.30. The van der Waals surface area contributed by atoms with Crippen LogP contribution < -0.4 is 5.32 Å². The lowest BCUT2D eigenvalue weighted by molar-refractivity contribution is -0.167.